The van der Waals surface area contributed by atoms with E-state index in [1.807, 2.05) is 49.4 Å². The number of aryl methyl sites for hydroxylation is 1. The van der Waals surface area contributed by atoms with Gasteiger partial charge in [0.1, 0.15) is 0 Å². The Kier molecular flexibility index (Phi) is 4.01. The predicted molar refractivity (Wildman–Crippen MR) is 77.5 cm³/mol. The molecule has 0 aliphatic carbocycles. The van der Waals surface area contributed by atoms with Gasteiger partial charge in [0.2, 0.25) is 0 Å². The quantitative estimate of drug-likeness (QED) is 0.663. The summed E-state index contributed by atoms with van der Waals surface area (Å²) in [6, 6.07) is 16.3. The SMILES string of the molecule is Cc1ccccc1C(=Cc1ccccc1)P(=O)(O)O. The summed E-state index contributed by atoms with van der Waals surface area (Å²) in [4.78, 5) is 19.1. The molecule has 0 amide bonds. The summed E-state index contributed by atoms with van der Waals surface area (Å²) in [6.07, 6.45) is 1.54. The molecule has 2 aromatic carbocycles. The van der Waals surface area contributed by atoms with Gasteiger partial charge in [0.15, 0.2) is 0 Å². The molecule has 0 aliphatic rings. The minimum atomic E-state index is -4.33. The van der Waals surface area contributed by atoms with E-state index in [0.717, 1.165) is 11.1 Å². The van der Waals surface area contributed by atoms with Gasteiger partial charge in [0, 0.05) is 0 Å². The van der Waals surface area contributed by atoms with Crippen molar-refractivity contribution in [2.24, 2.45) is 0 Å². The first-order chi connectivity index (χ1) is 8.98. The monoisotopic (exact) mass is 274 g/mol. The first-order valence-electron chi connectivity index (χ1n) is 5.87. The number of benzene rings is 2. The summed E-state index contributed by atoms with van der Waals surface area (Å²) in [5.74, 6) is 0. The molecule has 0 atom stereocenters. The normalized spacial score (nSPS) is 12.5. The highest BCUT2D eigenvalue weighted by Crippen LogP contribution is 2.52. The van der Waals surface area contributed by atoms with E-state index >= 15 is 0 Å². The molecule has 0 saturated heterocycles. The highest BCUT2D eigenvalue weighted by atomic mass is 31.2. The van der Waals surface area contributed by atoms with Crippen molar-refractivity contribution in [3.05, 3.63) is 71.3 Å². The van der Waals surface area contributed by atoms with Crippen molar-refractivity contribution in [1.82, 2.24) is 0 Å². The molecule has 0 aliphatic heterocycles. The Morgan fingerprint density at radius 3 is 2.16 bits per heavy atom. The van der Waals surface area contributed by atoms with Crippen LogP contribution in [0.4, 0.5) is 0 Å². The van der Waals surface area contributed by atoms with E-state index in [4.69, 9.17) is 0 Å². The molecule has 2 N–H and O–H groups in total. The first-order valence-corrected chi connectivity index (χ1v) is 7.48. The van der Waals surface area contributed by atoms with Crippen LogP contribution in [0, 0.1) is 6.92 Å². The topological polar surface area (TPSA) is 57.5 Å². The average Bonchev–Trinajstić information content (AvgIpc) is 2.37. The van der Waals surface area contributed by atoms with E-state index in [9.17, 15) is 14.4 Å². The maximum absolute atomic E-state index is 11.7. The van der Waals surface area contributed by atoms with Crippen LogP contribution < -0.4 is 0 Å². The lowest BCUT2D eigenvalue weighted by Crippen LogP contribution is -1.90. The minimum absolute atomic E-state index is 0.0526. The molecule has 2 aromatic rings. The molecule has 0 fully saturated rings. The first kappa shape index (κ1) is 13.8. The molecule has 0 radical (unpaired) electrons. The average molecular weight is 274 g/mol. The zero-order chi connectivity index (χ0) is 13.9. The lowest BCUT2D eigenvalue weighted by molar-refractivity contribution is 0.388. The van der Waals surface area contributed by atoms with Gasteiger partial charge in [-0.3, -0.25) is 4.57 Å². The Labute approximate surface area is 112 Å². The molecule has 0 spiro atoms. The molecule has 0 unspecified atom stereocenters. The van der Waals surface area contributed by atoms with Crippen molar-refractivity contribution in [3.63, 3.8) is 0 Å². The summed E-state index contributed by atoms with van der Waals surface area (Å²) in [6.45, 7) is 1.84. The lowest BCUT2D eigenvalue weighted by Gasteiger charge is -2.12. The van der Waals surface area contributed by atoms with Crippen molar-refractivity contribution < 1.29 is 14.4 Å². The standard InChI is InChI=1S/C15H15O3P/c1-12-7-5-6-10-14(12)15(19(16,17)18)11-13-8-3-2-4-9-13/h2-11H,1H3,(H2,16,17,18). The van der Waals surface area contributed by atoms with Crippen molar-refractivity contribution in [3.8, 4) is 0 Å². The highest BCUT2D eigenvalue weighted by Gasteiger charge is 2.23. The van der Waals surface area contributed by atoms with Crippen LogP contribution >= 0.6 is 7.60 Å². The molecule has 0 aromatic heterocycles. The Morgan fingerprint density at radius 1 is 1.00 bits per heavy atom. The zero-order valence-corrected chi connectivity index (χ0v) is 11.4. The maximum atomic E-state index is 11.7. The zero-order valence-electron chi connectivity index (χ0n) is 10.5. The van der Waals surface area contributed by atoms with E-state index in [1.54, 1.807) is 18.2 Å². The summed E-state index contributed by atoms with van der Waals surface area (Å²) >= 11 is 0. The molecule has 0 saturated carbocycles. The molecule has 0 heterocycles. The number of hydrogen-bond donors (Lipinski definition) is 2. The van der Waals surface area contributed by atoms with Crippen LogP contribution in [0.25, 0.3) is 11.4 Å². The number of rotatable bonds is 3. The fraction of sp³-hybridized carbons (Fsp3) is 0.0667. The molecule has 3 nitrogen and oxygen atoms in total. The Balaban J connectivity index is 2.59. The third-order valence-electron chi connectivity index (χ3n) is 2.84. The van der Waals surface area contributed by atoms with Crippen LogP contribution in [0.5, 0.6) is 0 Å². The molecule has 19 heavy (non-hydrogen) atoms. The summed E-state index contributed by atoms with van der Waals surface area (Å²) in [5, 5.41) is 0.0526. The molecule has 0 bridgehead atoms. The van der Waals surface area contributed by atoms with Gasteiger partial charge in [-0.15, -0.1) is 0 Å². The van der Waals surface area contributed by atoms with Crippen LogP contribution in [-0.4, -0.2) is 9.79 Å². The van der Waals surface area contributed by atoms with Crippen LogP contribution in [0.2, 0.25) is 0 Å². The van der Waals surface area contributed by atoms with Crippen molar-refractivity contribution in [2.75, 3.05) is 0 Å². The van der Waals surface area contributed by atoms with Gasteiger partial charge in [-0.25, -0.2) is 0 Å². The van der Waals surface area contributed by atoms with Crippen LogP contribution in [0.1, 0.15) is 16.7 Å². The van der Waals surface area contributed by atoms with E-state index in [1.165, 1.54) is 0 Å². The largest absolute Gasteiger partial charge is 0.356 e. The van der Waals surface area contributed by atoms with E-state index in [2.05, 4.69) is 0 Å². The summed E-state index contributed by atoms with van der Waals surface area (Å²) in [7, 11) is -4.33. The second-order valence-corrected chi connectivity index (χ2v) is 5.87. The third-order valence-corrected chi connectivity index (χ3v) is 3.84. The van der Waals surface area contributed by atoms with Gasteiger partial charge < -0.3 is 9.79 Å². The van der Waals surface area contributed by atoms with Gasteiger partial charge in [-0.05, 0) is 29.7 Å². The van der Waals surface area contributed by atoms with E-state index in [0.29, 0.717) is 5.56 Å². The van der Waals surface area contributed by atoms with E-state index in [-0.39, 0.29) is 5.31 Å². The number of hydrogen-bond acceptors (Lipinski definition) is 1. The Morgan fingerprint density at radius 2 is 1.58 bits per heavy atom. The lowest BCUT2D eigenvalue weighted by atomic mass is 10.1. The van der Waals surface area contributed by atoms with Crippen molar-refractivity contribution in [1.29, 1.82) is 0 Å². The minimum Gasteiger partial charge on any atom is -0.321 e. The Bertz CT molecular complexity index is 641. The van der Waals surface area contributed by atoms with E-state index < -0.39 is 7.60 Å². The maximum Gasteiger partial charge on any atom is 0.356 e. The highest BCUT2D eigenvalue weighted by molar-refractivity contribution is 7.63. The summed E-state index contributed by atoms with van der Waals surface area (Å²) < 4.78 is 11.7. The molecule has 98 valence electrons. The molecular weight excluding hydrogens is 259 g/mol. The van der Waals surface area contributed by atoms with Gasteiger partial charge in [0.05, 0.1) is 5.31 Å². The van der Waals surface area contributed by atoms with Crippen LogP contribution in [-0.2, 0) is 4.57 Å². The van der Waals surface area contributed by atoms with Gasteiger partial charge in [-0.1, -0.05) is 54.6 Å². The van der Waals surface area contributed by atoms with Crippen LogP contribution in [0.3, 0.4) is 0 Å². The van der Waals surface area contributed by atoms with Crippen LogP contribution in [0.15, 0.2) is 54.6 Å². The van der Waals surface area contributed by atoms with Crippen molar-refractivity contribution in [2.45, 2.75) is 6.92 Å². The molecule has 2 rings (SSSR count). The fourth-order valence-corrected chi connectivity index (χ4v) is 2.77. The smallest absolute Gasteiger partial charge is 0.321 e. The van der Waals surface area contributed by atoms with Crippen molar-refractivity contribution >= 4 is 19.0 Å². The summed E-state index contributed by atoms with van der Waals surface area (Å²) in [5.41, 5.74) is 2.19. The van der Waals surface area contributed by atoms with Gasteiger partial charge in [0.25, 0.3) is 0 Å². The second kappa shape index (κ2) is 5.54. The Hall–Kier alpha value is -1.67. The van der Waals surface area contributed by atoms with Gasteiger partial charge >= 0.3 is 7.60 Å². The molecular formula is C15H15O3P. The second-order valence-electron chi connectivity index (χ2n) is 4.30. The van der Waals surface area contributed by atoms with Gasteiger partial charge in [-0.2, -0.15) is 0 Å². The predicted octanol–water partition coefficient (Wildman–Crippen LogP) is 3.67. The fourth-order valence-electron chi connectivity index (χ4n) is 1.89. The molecule has 4 heteroatoms. The third kappa shape index (κ3) is 3.42.